The second-order valence-corrected chi connectivity index (χ2v) is 4.51. The Kier molecular flexibility index (Phi) is 7.83. The highest BCUT2D eigenvalue weighted by molar-refractivity contribution is 14.1. The Balaban J connectivity index is 3.48. The van der Waals surface area contributed by atoms with Crippen molar-refractivity contribution in [1.29, 1.82) is 0 Å². The van der Waals surface area contributed by atoms with Crippen LogP contribution in [0.2, 0.25) is 0 Å². The first-order valence-electron chi connectivity index (χ1n) is 4.49. The predicted octanol–water partition coefficient (Wildman–Crippen LogP) is 1.70. The number of halogens is 1. The first-order valence-corrected chi connectivity index (χ1v) is 5.73. The average molecular weight is 314 g/mol. The molecule has 5 heteroatoms. The Bertz CT molecular complexity index is 193. The van der Waals surface area contributed by atoms with Gasteiger partial charge in [-0.2, -0.15) is 0 Å². The summed E-state index contributed by atoms with van der Waals surface area (Å²) in [7, 11) is 0. The molecule has 0 saturated carbocycles. The third kappa shape index (κ3) is 8.28. The maximum absolute atomic E-state index is 11.0. The van der Waals surface area contributed by atoms with Crippen LogP contribution >= 0.6 is 22.6 Å². The second-order valence-electron chi connectivity index (χ2n) is 2.74. The van der Waals surface area contributed by atoms with Crippen molar-refractivity contribution in [3.8, 4) is 0 Å². The number of hydrogen-bond donors (Lipinski definition) is 0. The minimum Gasteiger partial charge on any atom is -0.466 e. The van der Waals surface area contributed by atoms with Crippen molar-refractivity contribution in [1.82, 2.24) is 0 Å². The Morgan fingerprint density at radius 1 is 1.36 bits per heavy atom. The fraction of sp³-hybridized carbons (Fsp3) is 0.778. The summed E-state index contributed by atoms with van der Waals surface area (Å²) < 4.78 is 9.73. The van der Waals surface area contributed by atoms with Gasteiger partial charge in [0.15, 0.2) is 0 Å². The SMILES string of the molecule is CCOC(=O)CCC(I)COC(C)=O. The third-order valence-electron chi connectivity index (χ3n) is 1.43. The molecule has 0 heterocycles. The van der Waals surface area contributed by atoms with Crippen LogP contribution < -0.4 is 0 Å². The van der Waals surface area contributed by atoms with E-state index < -0.39 is 0 Å². The molecule has 0 aliphatic carbocycles. The number of ether oxygens (including phenoxy) is 2. The zero-order valence-corrected chi connectivity index (χ0v) is 10.6. The van der Waals surface area contributed by atoms with E-state index in [4.69, 9.17) is 9.47 Å². The molecule has 0 rings (SSSR count). The van der Waals surface area contributed by atoms with Crippen LogP contribution in [0.4, 0.5) is 0 Å². The van der Waals surface area contributed by atoms with Gasteiger partial charge in [-0.3, -0.25) is 9.59 Å². The molecule has 0 aliphatic heterocycles. The Morgan fingerprint density at radius 2 is 2.00 bits per heavy atom. The molecular weight excluding hydrogens is 299 g/mol. The Hall–Kier alpha value is -0.330. The predicted molar refractivity (Wildman–Crippen MR) is 60.3 cm³/mol. The van der Waals surface area contributed by atoms with Crippen LogP contribution in [-0.4, -0.2) is 29.1 Å². The zero-order valence-electron chi connectivity index (χ0n) is 8.42. The summed E-state index contributed by atoms with van der Waals surface area (Å²) in [4.78, 5) is 21.4. The topological polar surface area (TPSA) is 52.6 Å². The van der Waals surface area contributed by atoms with Gasteiger partial charge in [0.1, 0.15) is 6.61 Å². The lowest BCUT2D eigenvalue weighted by molar-refractivity contribution is -0.143. The van der Waals surface area contributed by atoms with Crippen LogP contribution in [-0.2, 0) is 19.1 Å². The quantitative estimate of drug-likeness (QED) is 0.425. The summed E-state index contributed by atoms with van der Waals surface area (Å²) in [5.41, 5.74) is 0. The van der Waals surface area contributed by atoms with Crippen LogP contribution in [0, 0.1) is 0 Å². The highest BCUT2D eigenvalue weighted by atomic mass is 127. The first kappa shape index (κ1) is 13.7. The lowest BCUT2D eigenvalue weighted by atomic mass is 10.2. The van der Waals surface area contributed by atoms with Crippen molar-refractivity contribution in [2.24, 2.45) is 0 Å². The van der Waals surface area contributed by atoms with Crippen LogP contribution in [0.5, 0.6) is 0 Å². The molecule has 0 aromatic rings. The lowest BCUT2D eigenvalue weighted by Gasteiger charge is -2.08. The lowest BCUT2D eigenvalue weighted by Crippen LogP contribution is -2.14. The van der Waals surface area contributed by atoms with Gasteiger partial charge in [-0.25, -0.2) is 0 Å². The van der Waals surface area contributed by atoms with Gasteiger partial charge in [0, 0.05) is 17.3 Å². The fourth-order valence-corrected chi connectivity index (χ4v) is 1.29. The monoisotopic (exact) mass is 314 g/mol. The largest absolute Gasteiger partial charge is 0.466 e. The van der Waals surface area contributed by atoms with Crippen LogP contribution in [0.25, 0.3) is 0 Å². The van der Waals surface area contributed by atoms with Gasteiger partial charge in [0.2, 0.25) is 0 Å². The molecule has 0 aliphatic rings. The van der Waals surface area contributed by atoms with E-state index in [1.165, 1.54) is 6.92 Å². The van der Waals surface area contributed by atoms with Crippen molar-refractivity contribution in [2.45, 2.75) is 30.6 Å². The molecule has 0 N–H and O–H groups in total. The molecule has 0 aromatic heterocycles. The molecule has 0 saturated heterocycles. The molecule has 4 nitrogen and oxygen atoms in total. The molecule has 1 unspecified atom stereocenters. The van der Waals surface area contributed by atoms with Crippen molar-refractivity contribution >= 4 is 34.5 Å². The number of carbonyl (C=O) groups is 2. The van der Waals surface area contributed by atoms with Gasteiger partial charge in [0.05, 0.1) is 6.61 Å². The highest BCUT2D eigenvalue weighted by Gasteiger charge is 2.09. The standard InChI is InChI=1S/C9H15IO4/c1-3-13-9(12)5-4-8(10)6-14-7(2)11/h8H,3-6H2,1-2H3. The van der Waals surface area contributed by atoms with Crippen molar-refractivity contribution in [3.05, 3.63) is 0 Å². The van der Waals surface area contributed by atoms with Crippen molar-refractivity contribution in [3.63, 3.8) is 0 Å². The number of hydrogen-bond acceptors (Lipinski definition) is 4. The van der Waals surface area contributed by atoms with Gasteiger partial charge < -0.3 is 9.47 Å². The third-order valence-corrected chi connectivity index (χ3v) is 2.42. The van der Waals surface area contributed by atoms with Crippen molar-refractivity contribution < 1.29 is 19.1 Å². The number of alkyl halides is 1. The van der Waals surface area contributed by atoms with Crippen molar-refractivity contribution in [2.75, 3.05) is 13.2 Å². The summed E-state index contributed by atoms with van der Waals surface area (Å²) in [6, 6.07) is 0. The van der Waals surface area contributed by atoms with Gasteiger partial charge in [-0.15, -0.1) is 0 Å². The summed E-state index contributed by atoms with van der Waals surface area (Å²) >= 11 is 2.15. The average Bonchev–Trinajstić information content (AvgIpc) is 2.12. The van der Waals surface area contributed by atoms with E-state index in [-0.39, 0.29) is 15.9 Å². The Labute approximate surface area is 97.5 Å². The Morgan fingerprint density at radius 3 is 2.50 bits per heavy atom. The van der Waals surface area contributed by atoms with Gasteiger partial charge >= 0.3 is 11.9 Å². The van der Waals surface area contributed by atoms with Gasteiger partial charge in [0.25, 0.3) is 0 Å². The van der Waals surface area contributed by atoms with Gasteiger partial charge in [-0.05, 0) is 13.3 Å². The first-order chi connectivity index (χ1) is 6.56. The van der Waals surface area contributed by atoms with E-state index in [9.17, 15) is 9.59 Å². The molecule has 0 amide bonds. The normalized spacial score (nSPS) is 11.9. The number of carbonyl (C=O) groups excluding carboxylic acids is 2. The van der Waals surface area contributed by atoms with E-state index in [0.29, 0.717) is 26.1 Å². The zero-order chi connectivity index (χ0) is 11.0. The van der Waals surface area contributed by atoms with E-state index in [2.05, 4.69) is 22.6 Å². The molecule has 14 heavy (non-hydrogen) atoms. The molecule has 0 bridgehead atoms. The molecule has 82 valence electrons. The van der Waals surface area contributed by atoms with Crippen LogP contribution in [0.1, 0.15) is 26.7 Å². The summed E-state index contributed by atoms with van der Waals surface area (Å²) in [5, 5.41) is 0. The van der Waals surface area contributed by atoms with Crippen LogP contribution in [0.15, 0.2) is 0 Å². The summed E-state index contributed by atoms with van der Waals surface area (Å²) in [6.07, 6.45) is 1.05. The second kappa shape index (κ2) is 8.02. The summed E-state index contributed by atoms with van der Waals surface area (Å²) in [6.45, 7) is 3.91. The molecule has 0 spiro atoms. The molecule has 0 fully saturated rings. The van der Waals surface area contributed by atoms with Crippen LogP contribution in [0.3, 0.4) is 0 Å². The van der Waals surface area contributed by atoms with E-state index in [0.717, 1.165) is 0 Å². The number of rotatable bonds is 6. The molecule has 0 aromatic carbocycles. The van der Waals surface area contributed by atoms with E-state index in [1.807, 2.05) is 0 Å². The maximum Gasteiger partial charge on any atom is 0.305 e. The maximum atomic E-state index is 11.0. The highest BCUT2D eigenvalue weighted by Crippen LogP contribution is 2.10. The minimum atomic E-state index is -0.289. The molecule has 1 atom stereocenters. The number of esters is 2. The fourth-order valence-electron chi connectivity index (χ4n) is 0.799. The smallest absolute Gasteiger partial charge is 0.305 e. The van der Waals surface area contributed by atoms with Gasteiger partial charge in [-0.1, -0.05) is 22.6 Å². The summed E-state index contributed by atoms with van der Waals surface area (Å²) in [5.74, 6) is -0.486. The molecule has 0 radical (unpaired) electrons. The van der Waals surface area contributed by atoms with E-state index in [1.54, 1.807) is 6.92 Å². The minimum absolute atomic E-state index is 0.168. The van der Waals surface area contributed by atoms with E-state index >= 15 is 0 Å². The molecular formula is C9H15IO4.